The smallest absolute Gasteiger partial charge is 0.224 e. The first-order valence-electron chi connectivity index (χ1n) is 6.77. The van der Waals surface area contributed by atoms with Gasteiger partial charge in [0.25, 0.3) is 0 Å². The molecule has 4 nitrogen and oxygen atoms in total. The summed E-state index contributed by atoms with van der Waals surface area (Å²) in [6.07, 6.45) is 4.17. The van der Waals surface area contributed by atoms with Gasteiger partial charge in [0.15, 0.2) is 0 Å². The Kier molecular flexibility index (Phi) is 5.11. The predicted octanol–water partition coefficient (Wildman–Crippen LogP) is 2.63. The van der Waals surface area contributed by atoms with Crippen LogP contribution >= 0.6 is 11.8 Å². The number of hydrogen-bond acceptors (Lipinski definition) is 5. The Morgan fingerprint density at radius 2 is 2.39 bits per heavy atom. The average molecular weight is 266 g/mol. The van der Waals surface area contributed by atoms with E-state index in [0.717, 1.165) is 43.1 Å². The summed E-state index contributed by atoms with van der Waals surface area (Å²) in [7, 11) is 0. The van der Waals surface area contributed by atoms with Crippen LogP contribution in [0.4, 0.5) is 11.8 Å². The molecule has 1 aromatic rings. The zero-order valence-corrected chi connectivity index (χ0v) is 12.0. The Balaban J connectivity index is 2.02. The average Bonchev–Trinajstić information content (AvgIpc) is 2.45. The maximum absolute atomic E-state index is 4.60. The molecule has 0 spiro atoms. The van der Waals surface area contributed by atoms with Crippen molar-refractivity contribution in [2.45, 2.75) is 31.9 Å². The van der Waals surface area contributed by atoms with Gasteiger partial charge >= 0.3 is 0 Å². The van der Waals surface area contributed by atoms with E-state index in [4.69, 9.17) is 0 Å². The third kappa shape index (κ3) is 3.51. The largest absolute Gasteiger partial charge is 0.355 e. The zero-order chi connectivity index (χ0) is 12.8. The van der Waals surface area contributed by atoms with Gasteiger partial charge in [-0.15, -0.1) is 0 Å². The predicted molar refractivity (Wildman–Crippen MR) is 79.6 cm³/mol. The molecule has 0 saturated carbocycles. The van der Waals surface area contributed by atoms with Crippen molar-refractivity contribution < 1.29 is 0 Å². The first kappa shape index (κ1) is 13.5. The van der Waals surface area contributed by atoms with Gasteiger partial charge in [0, 0.05) is 36.8 Å². The van der Waals surface area contributed by atoms with Crippen LogP contribution in [-0.4, -0.2) is 40.6 Å². The topological polar surface area (TPSA) is 41.1 Å². The highest BCUT2D eigenvalue weighted by atomic mass is 32.2. The molecule has 1 N–H and O–H groups in total. The lowest BCUT2D eigenvalue weighted by Gasteiger charge is -2.32. The van der Waals surface area contributed by atoms with Gasteiger partial charge in [-0.2, -0.15) is 16.7 Å². The zero-order valence-electron chi connectivity index (χ0n) is 11.2. The quantitative estimate of drug-likeness (QED) is 0.887. The highest BCUT2D eigenvalue weighted by molar-refractivity contribution is 8.00. The summed E-state index contributed by atoms with van der Waals surface area (Å²) >= 11 is 2.08. The number of aromatic nitrogens is 2. The first-order chi connectivity index (χ1) is 8.83. The number of nitrogens with zero attached hydrogens (tertiary/aromatic N) is 3. The van der Waals surface area contributed by atoms with Crippen molar-refractivity contribution in [1.82, 2.24) is 9.97 Å². The molecule has 0 amide bonds. The second kappa shape index (κ2) is 6.83. The maximum atomic E-state index is 4.60. The normalized spacial score (nSPS) is 19.9. The fraction of sp³-hybridized carbons (Fsp3) is 0.692. The minimum atomic E-state index is 0.737. The molecule has 0 bridgehead atoms. The van der Waals surface area contributed by atoms with E-state index in [2.05, 4.69) is 45.8 Å². The first-order valence-corrected chi connectivity index (χ1v) is 7.81. The van der Waals surface area contributed by atoms with Crippen LogP contribution in [0.1, 0.15) is 26.7 Å². The lowest BCUT2D eigenvalue weighted by Crippen LogP contribution is -2.38. The molecule has 5 heteroatoms. The second-order valence-corrected chi connectivity index (χ2v) is 5.92. The van der Waals surface area contributed by atoms with E-state index < -0.39 is 0 Å². The van der Waals surface area contributed by atoms with Crippen LogP contribution in [0.2, 0.25) is 0 Å². The summed E-state index contributed by atoms with van der Waals surface area (Å²) in [4.78, 5) is 11.2. The second-order valence-electron chi connectivity index (χ2n) is 4.51. The van der Waals surface area contributed by atoms with Crippen molar-refractivity contribution >= 4 is 23.5 Å². The molecule has 1 unspecified atom stereocenters. The van der Waals surface area contributed by atoms with Crippen LogP contribution in [0.15, 0.2) is 12.3 Å². The van der Waals surface area contributed by atoms with Gasteiger partial charge < -0.3 is 10.2 Å². The van der Waals surface area contributed by atoms with Gasteiger partial charge in [-0.25, -0.2) is 4.98 Å². The van der Waals surface area contributed by atoms with Crippen LogP contribution < -0.4 is 10.2 Å². The van der Waals surface area contributed by atoms with Gasteiger partial charge in [-0.3, -0.25) is 0 Å². The standard InChI is InChI=1S/C13H22N4S/c1-3-6-14-13-15-7-5-12(16-13)17-8-9-18-11(4-2)10-17/h5,7,11H,3-4,6,8-10H2,1-2H3,(H,14,15,16). The number of anilines is 2. The SMILES string of the molecule is CCCNc1nccc(N2CCSC(CC)C2)n1. The number of rotatable bonds is 5. The van der Waals surface area contributed by atoms with Gasteiger partial charge in [-0.1, -0.05) is 13.8 Å². The number of hydrogen-bond donors (Lipinski definition) is 1. The molecular weight excluding hydrogens is 244 g/mol. The molecule has 1 aliphatic heterocycles. The van der Waals surface area contributed by atoms with Crippen molar-refractivity contribution in [3.8, 4) is 0 Å². The summed E-state index contributed by atoms with van der Waals surface area (Å²) < 4.78 is 0. The van der Waals surface area contributed by atoms with Crippen LogP contribution in [0.25, 0.3) is 0 Å². The molecule has 1 aliphatic rings. The van der Waals surface area contributed by atoms with E-state index in [1.807, 2.05) is 12.3 Å². The van der Waals surface area contributed by atoms with Gasteiger partial charge in [0.1, 0.15) is 5.82 Å². The molecule has 1 atom stereocenters. The van der Waals surface area contributed by atoms with Crippen molar-refractivity contribution in [3.05, 3.63) is 12.3 Å². The fourth-order valence-corrected chi connectivity index (χ4v) is 3.20. The van der Waals surface area contributed by atoms with Gasteiger partial charge in [-0.05, 0) is 18.9 Å². The molecule has 2 rings (SSSR count). The summed E-state index contributed by atoms with van der Waals surface area (Å²) in [5.74, 6) is 3.00. The molecule has 0 aliphatic carbocycles. The Morgan fingerprint density at radius 1 is 1.50 bits per heavy atom. The highest BCUT2D eigenvalue weighted by Gasteiger charge is 2.20. The lowest BCUT2D eigenvalue weighted by atomic mass is 10.3. The summed E-state index contributed by atoms with van der Waals surface area (Å²) in [6.45, 7) is 7.52. The Morgan fingerprint density at radius 3 is 3.17 bits per heavy atom. The molecular formula is C13H22N4S. The summed E-state index contributed by atoms with van der Waals surface area (Å²) in [5, 5.41) is 3.98. The van der Waals surface area contributed by atoms with Crippen molar-refractivity contribution in [3.63, 3.8) is 0 Å². The molecule has 2 heterocycles. The molecule has 100 valence electrons. The van der Waals surface area contributed by atoms with E-state index in [0.29, 0.717) is 0 Å². The Hall–Kier alpha value is -0.970. The summed E-state index contributed by atoms with van der Waals surface area (Å²) in [5.41, 5.74) is 0. The monoisotopic (exact) mass is 266 g/mol. The Bertz CT molecular complexity index is 372. The summed E-state index contributed by atoms with van der Waals surface area (Å²) in [6, 6.07) is 2.01. The van der Waals surface area contributed by atoms with Crippen molar-refractivity contribution in [1.29, 1.82) is 0 Å². The van der Waals surface area contributed by atoms with Gasteiger partial charge in [0.2, 0.25) is 5.95 Å². The van der Waals surface area contributed by atoms with Crippen LogP contribution in [0, 0.1) is 0 Å². The molecule has 1 aromatic heterocycles. The third-order valence-electron chi connectivity index (χ3n) is 3.09. The van der Waals surface area contributed by atoms with Crippen molar-refractivity contribution in [2.24, 2.45) is 0 Å². The molecule has 0 radical (unpaired) electrons. The molecule has 1 saturated heterocycles. The van der Waals surface area contributed by atoms with Crippen LogP contribution in [0.5, 0.6) is 0 Å². The van der Waals surface area contributed by atoms with Crippen LogP contribution in [-0.2, 0) is 0 Å². The third-order valence-corrected chi connectivity index (χ3v) is 4.46. The molecule has 0 aromatic carbocycles. The minimum Gasteiger partial charge on any atom is -0.355 e. The lowest BCUT2D eigenvalue weighted by molar-refractivity contribution is 0.719. The van der Waals surface area contributed by atoms with Crippen LogP contribution in [0.3, 0.4) is 0 Å². The fourth-order valence-electron chi connectivity index (χ4n) is 2.02. The maximum Gasteiger partial charge on any atom is 0.224 e. The minimum absolute atomic E-state index is 0.737. The highest BCUT2D eigenvalue weighted by Crippen LogP contribution is 2.24. The van der Waals surface area contributed by atoms with E-state index in [1.165, 1.54) is 12.2 Å². The number of nitrogens with one attached hydrogen (secondary N) is 1. The van der Waals surface area contributed by atoms with E-state index in [9.17, 15) is 0 Å². The molecule has 1 fully saturated rings. The van der Waals surface area contributed by atoms with Gasteiger partial charge in [0.05, 0.1) is 0 Å². The van der Waals surface area contributed by atoms with E-state index in [1.54, 1.807) is 0 Å². The molecule has 18 heavy (non-hydrogen) atoms. The van der Waals surface area contributed by atoms with E-state index in [-0.39, 0.29) is 0 Å². The number of thioether (sulfide) groups is 1. The van der Waals surface area contributed by atoms with E-state index >= 15 is 0 Å². The van der Waals surface area contributed by atoms with Crippen molar-refractivity contribution in [2.75, 3.05) is 35.6 Å². The Labute approximate surface area is 114 Å².